The van der Waals surface area contributed by atoms with E-state index in [0.717, 1.165) is 31.2 Å². The number of fused-ring (bicyclic) bond motifs is 2. The Hall–Kier alpha value is -1.84. The van der Waals surface area contributed by atoms with Gasteiger partial charge in [-0.15, -0.1) is 4.73 Å². The topological polar surface area (TPSA) is 57.2 Å². The van der Waals surface area contributed by atoms with E-state index in [2.05, 4.69) is 0 Å². The molecule has 0 atom stereocenters. The lowest BCUT2D eigenvalue weighted by atomic mass is 9.96. The minimum Gasteiger partial charge on any atom is -0.616 e. The zero-order valence-electron chi connectivity index (χ0n) is 8.73. The van der Waals surface area contributed by atoms with Crippen molar-refractivity contribution >= 4 is 11.1 Å². The molecule has 1 aliphatic carbocycles. The average Bonchev–Trinajstić information content (AvgIpc) is 2.31. The van der Waals surface area contributed by atoms with Crippen LogP contribution >= 0.6 is 0 Å². The number of nitrogens with zero attached hydrogens (tertiary/aromatic N) is 1. The number of rotatable bonds is 0. The van der Waals surface area contributed by atoms with E-state index in [4.69, 9.17) is 4.42 Å². The van der Waals surface area contributed by atoms with E-state index in [0.29, 0.717) is 15.9 Å². The molecular formula is C12H11NO3. The van der Waals surface area contributed by atoms with Crippen LogP contribution < -0.4 is 10.2 Å². The molecular weight excluding hydrogens is 206 g/mol. The van der Waals surface area contributed by atoms with Crippen LogP contribution in [0, 0.1) is 5.21 Å². The largest absolute Gasteiger partial charge is 0.616 e. The summed E-state index contributed by atoms with van der Waals surface area (Å²) in [5.74, 6) is 0.694. The van der Waals surface area contributed by atoms with Gasteiger partial charge in [-0.05, 0) is 25.3 Å². The molecule has 0 saturated carbocycles. The number of hydrogen-bond donors (Lipinski definition) is 0. The zero-order chi connectivity index (χ0) is 11.1. The highest BCUT2D eigenvalue weighted by Gasteiger charge is 2.20. The fourth-order valence-corrected chi connectivity index (χ4v) is 2.26. The Morgan fingerprint density at radius 1 is 1.31 bits per heavy atom. The Bertz CT molecular complexity index is 615. The minimum absolute atomic E-state index is 0.0406. The Labute approximate surface area is 91.7 Å². The third-order valence-electron chi connectivity index (χ3n) is 3.07. The van der Waals surface area contributed by atoms with Gasteiger partial charge in [-0.3, -0.25) is 4.79 Å². The number of aromatic nitrogens is 1. The summed E-state index contributed by atoms with van der Waals surface area (Å²) in [4.78, 5) is 12.1. The van der Waals surface area contributed by atoms with Crippen LogP contribution in [0.5, 0.6) is 0 Å². The average molecular weight is 217 g/mol. The molecule has 0 fully saturated rings. The van der Waals surface area contributed by atoms with Crippen molar-refractivity contribution in [1.82, 2.24) is 0 Å². The number of pyridine rings is 1. The Morgan fingerprint density at radius 2 is 2.12 bits per heavy atom. The van der Waals surface area contributed by atoms with Crippen molar-refractivity contribution in [3.63, 3.8) is 0 Å². The zero-order valence-corrected chi connectivity index (χ0v) is 8.73. The highest BCUT2D eigenvalue weighted by atomic mass is 16.5. The quantitative estimate of drug-likeness (QED) is 0.493. The van der Waals surface area contributed by atoms with Crippen molar-refractivity contribution in [2.45, 2.75) is 25.7 Å². The van der Waals surface area contributed by atoms with Crippen LogP contribution in [0.4, 0.5) is 0 Å². The lowest BCUT2D eigenvalue weighted by Crippen LogP contribution is -2.29. The summed E-state index contributed by atoms with van der Waals surface area (Å²) in [6.07, 6.45) is 4.91. The van der Waals surface area contributed by atoms with Gasteiger partial charge in [-0.1, -0.05) is 0 Å². The summed E-state index contributed by atoms with van der Waals surface area (Å²) in [5.41, 5.74) is 0.847. The van der Waals surface area contributed by atoms with Crippen LogP contribution in [-0.4, -0.2) is 0 Å². The lowest BCUT2D eigenvalue weighted by molar-refractivity contribution is -0.585. The molecule has 4 heteroatoms. The molecule has 82 valence electrons. The van der Waals surface area contributed by atoms with Crippen LogP contribution in [-0.2, 0) is 12.8 Å². The van der Waals surface area contributed by atoms with E-state index in [9.17, 15) is 10.0 Å². The molecule has 0 amide bonds. The summed E-state index contributed by atoms with van der Waals surface area (Å²) in [7, 11) is 0. The Kier molecular flexibility index (Phi) is 1.96. The first kappa shape index (κ1) is 9.39. The number of hydrogen-bond acceptors (Lipinski definition) is 3. The van der Waals surface area contributed by atoms with Crippen molar-refractivity contribution in [2.75, 3.05) is 0 Å². The third-order valence-corrected chi connectivity index (χ3v) is 3.07. The van der Waals surface area contributed by atoms with Crippen LogP contribution in [0.3, 0.4) is 0 Å². The fourth-order valence-electron chi connectivity index (χ4n) is 2.26. The molecule has 2 aromatic rings. The molecule has 0 spiro atoms. The monoisotopic (exact) mass is 217 g/mol. The molecule has 0 N–H and O–H groups in total. The Morgan fingerprint density at radius 3 is 3.00 bits per heavy atom. The summed E-state index contributed by atoms with van der Waals surface area (Å²) >= 11 is 0. The molecule has 0 aromatic carbocycles. The third kappa shape index (κ3) is 1.23. The highest BCUT2D eigenvalue weighted by molar-refractivity contribution is 5.70. The maximum atomic E-state index is 12.1. The van der Waals surface area contributed by atoms with Crippen molar-refractivity contribution in [2.24, 2.45) is 0 Å². The summed E-state index contributed by atoms with van der Waals surface area (Å²) in [6.45, 7) is 0. The van der Waals surface area contributed by atoms with Gasteiger partial charge in [0.2, 0.25) is 5.43 Å². The lowest BCUT2D eigenvalue weighted by Gasteiger charge is -2.13. The molecule has 2 heterocycles. The maximum Gasteiger partial charge on any atom is 0.396 e. The maximum absolute atomic E-state index is 12.1. The molecule has 3 rings (SSSR count). The fraction of sp³-hybridized carbons (Fsp3) is 0.333. The molecule has 1 aliphatic rings. The van der Waals surface area contributed by atoms with E-state index in [-0.39, 0.29) is 11.1 Å². The van der Waals surface area contributed by atoms with Gasteiger partial charge in [-0.2, -0.15) is 0 Å². The van der Waals surface area contributed by atoms with Gasteiger partial charge in [0.1, 0.15) is 11.1 Å². The van der Waals surface area contributed by atoms with E-state index in [1.165, 1.54) is 6.20 Å². The second kappa shape index (κ2) is 3.33. The van der Waals surface area contributed by atoms with E-state index < -0.39 is 0 Å². The number of aryl methyl sites for hydroxylation is 1. The standard InChI is InChI=1S/C12H11NO3/c14-11-8-4-1-2-6-10(8)16-12-9(11)5-3-7-13(12)15/h3,5,7H,1-2,4,6H2. The summed E-state index contributed by atoms with van der Waals surface area (Å²) in [6, 6.07) is 3.21. The van der Waals surface area contributed by atoms with Gasteiger partial charge in [0.05, 0.1) is 0 Å². The first-order chi connectivity index (χ1) is 7.77. The second-order valence-corrected chi connectivity index (χ2v) is 4.09. The molecule has 0 saturated heterocycles. The summed E-state index contributed by atoms with van der Waals surface area (Å²) in [5, 5.41) is 11.9. The predicted octanol–water partition coefficient (Wildman–Crippen LogP) is 1.31. The van der Waals surface area contributed by atoms with E-state index in [1.807, 2.05) is 0 Å². The first-order valence-corrected chi connectivity index (χ1v) is 5.44. The van der Waals surface area contributed by atoms with Gasteiger partial charge >= 0.3 is 5.71 Å². The van der Waals surface area contributed by atoms with Crippen molar-refractivity contribution < 1.29 is 9.15 Å². The summed E-state index contributed by atoms with van der Waals surface area (Å²) < 4.78 is 6.16. The predicted molar refractivity (Wildman–Crippen MR) is 58.1 cm³/mol. The first-order valence-electron chi connectivity index (χ1n) is 5.44. The Balaban J connectivity index is 2.44. The molecule has 0 radical (unpaired) electrons. The second-order valence-electron chi connectivity index (χ2n) is 4.09. The van der Waals surface area contributed by atoms with Gasteiger partial charge in [-0.25, -0.2) is 0 Å². The van der Waals surface area contributed by atoms with Gasteiger partial charge < -0.3 is 9.62 Å². The molecule has 0 bridgehead atoms. The molecule has 2 aromatic heterocycles. The van der Waals surface area contributed by atoms with Gasteiger partial charge in [0, 0.05) is 18.1 Å². The molecule has 0 unspecified atom stereocenters. The van der Waals surface area contributed by atoms with Crippen molar-refractivity contribution in [3.05, 3.63) is 45.1 Å². The molecule has 16 heavy (non-hydrogen) atoms. The van der Waals surface area contributed by atoms with Gasteiger partial charge in [0.15, 0.2) is 6.20 Å². The SMILES string of the molecule is O=c1c2c(oc3c1ccc[n+]3[O-])CCCC2. The smallest absolute Gasteiger partial charge is 0.396 e. The highest BCUT2D eigenvalue weighted by Crippen LogP contribution is 2.21. The molecule has 0 aliphatic heterocycles. The van der Waals surface area contributed by atoms with Crippen LogP contribution in [0.25, 0.3) is 11.1 Å². The van der Waals surface area contributed by atoms with Crippen LogP contribution in [0.1, 0.15) is 24.2 Å². The van der Waals surface area contributed by atoms with E-state index >= 15 is 0 Å². The van der Waals surface area contributed by atoms with Gasteiger partial charge in [0.25, 0.3) is 0 Å². The normalized spacial score (nSPS) is 15.0. The molecule has 4 nitrogen and oxygen atoms in total. The van der Waals surface area contributed by atoms with Crippen LogP contribution in [0.2, 0.25) is 0 Å². The minimum atomic E-state index is -0.0406. The van der Waals surface area contributed by atoms with E-state index in [1.54, 1.807) is 12.1 Å². The van der Waals surface area contributed by atoms with Crippen molar-refractivity contribution in [3.8, 4) is 0 Å². The van der Waals surface area contributed by atoms with Crippen LogP contribution in [0.15, 0.2) is 27.5 Å². The van der Waals surface area contributed by atoms with Crippen molar-refractivity contribution in [1.29, 1.82) is 0 Å².